The first-order valence-electron chi connectivity index (χ1n) is 10.3. The molecule has 2 aliphatic heterocycles. The van der Waals surface area contributed by atoms with Crippen LogP contribution in [0.3, 0.4) is 0 Å². The number of hydrogen-bond acceptors (Lipinski definition) is 2. The lowest BCUT2D eigenvalue weighted by Crippen LogP contribution is -2.43. The van der Waals surface area contributed by atoms with Gasteiger partial charge in [-0.3, -0.25) is 4.79 Å². The number of fused-ring (bicyclic) bond motifs is 1. The Balaban J connectivity index is 1.65. The summed E-state index contributed by atoms with van der Waals surface area (Å²) in [6, 6.07) is 19.6. The van der Waals surface area contributed by atoms with Crippen LogP contribution in [-0.2, 0) is 11.2 Å². The molecule has 3 heteroatoms. The van der Waals surface area contributed by atoms with Crippen molar-refractivity contribution in [1.82, 2.24) is 10.2 Å². The van der Waals surface area contributed by atoms with E-state index < -0.39 is 0 Å². The molecule has 1 amide bonds. The molecule has 2 heterocycles. The van der Waals surface area contributed by atoms with Crippen LogP contribution in [0.15, 0.2) is 54.6 Å². The molecule has 1 N–H and O–H groups in total. The van der Waals surface area contributed by atoms with Gasteiger partial charge in [0.25, 0.3) is 0 Å². The first kappa shape index (κ1) is 18.2. The van der Waals surface area contributed by atoms with E-state index >= 15 is 0 Å². The fraction of sp³-hybridized carbons (Fsp3) is 0.458. The number of carbonyl (C=O) groups excluding carboxylic acids is 1. The van der Waals surface area contributed by atoms with Gasteiger partial charge in [-0.2, -0.15) is 0 Å². The van der Waals surface area contributed by atoms with Gasteiger partial charge in [0.2, 0.25) is 5.91 Å². The predicted molar refractivity (Wildman–Crippen MR) is 110 cm³/mol. The fourth-order valence-electron chi connectivity index (χ4n) is 4.90. The topological polar surface area (TPSA) is 32.3 Å². The van der Waals surface area contributed by atoms with Crippen LogP contribution < -0.4 is 5.32 Å². The van der Waals surface area contributed by atoms with E-state index in [1.54, 1.807) is 0 Å². The zero-order valence-corrected chi connectivity index (χ0v) is 16.4. The van der Waals surface area contributed by atoms with Crippen molar-refractivity contribution in [1.29, 1.82) is 0 Å². The van der Waals surface area contributed by atoms with Crippen LogP contribution in [0.5, 0.6) is 0 Å². The van der Waals surface area contributed by atoms with Crippen molar-refractivity contribution in [2.75, 3.05) is 19.6 Å². The molecule has 1 fully saturated rings. The van der Waals surface area contributed by atoms with Crippen LogP contribution in [-0.4, -0.2) is 36.5 Å². The van der Waals surface area contributed by atoms with Gasteiger partial charge in [-0.1, -0.05) is 61.5 Å². The van der Waals surface area contributed by atoms with Crippen molar-refractivity contribution in [2.45, 2.75) is 38.6 Å². The van der Waals surface area contributed by atoms with E-state index in [0.29, 0.717) is 24.2 Å². The Bertz CT molecular complexity index is 788. The van der Waals surface area contributed by atoms with E-state index in [9.17, 15) is 4.79 Å². The largest absolute Gasteiger partial charge is 0.339 e. The molecule has 2 aromatic carbocycles. The van der Waals surface area contributed by atoms with Crippen molar-refractivity contribution in [3.63, 3.8) is 0 Å². The maximum atomic E-state index is 13.3. The van der Waals surface area contributed by atoms with Crippen molar-refractivity contribution >= 4 is 5.91 Å². The third-order valence-electron chi connectivity index (χ3n) is 6.58. The molecule has 0 unspecified atom stereocenters. The normalized spacial score (nSPS) is 27.9. The Morgan fingerprint density at radius 3 is 2.52 bits per heavy atom. The SMILES string of the molecule is C[C@@H]1CNC[C@H]1CC(=O)N1CCc2ccccc2[C@H](c2ccccc2)[C@H]1C. The minimum atomic E-state index is 0.160. The van der Waals surface area contributed by atoms with Crippen LogP contribution >= 0.6 is 0 Å². The highest BCUT2D eigenvalue weighted by Crippen LogP contribution is 2.36. The Morgan fingerprint density at radius 2 is 1.78 bits per heavy atom. The summed E-state index contributed by atoms with van der Waals surface area (Å²) < 4.78 is 0. The molecule has 4 rings (SSSR count). The summed E-state index contributed by atoms with van der Waals surface area (Å²) in [6.45, 7) is 7.30. The Morgan fingerprint density at radius 1 is 1.04 bits per heavy atom. The molecule has 4 atom stereocenters. The zero-order valence-electron chi connectivity index (χ0n) is 16.4. The molecule has 3 nitrogen and oxygen atoms in total. The molecule has 142 valence electrons. The van der Waals surface area contributed by atoms with Crippen LogP contribution in [0.1, 0.15) is 42.9 Å². The molecule has 2 aromatic rings. The number of benzene rings is 2. The molecule has 27 heavy (non-hydrogen) atoms. The van der Waals surface area contributed by atoms with Crippen LogP contribution in [0.2, 0.25) is 0 Å². The lowest BCUT2D eigenvalue weighted by molar-refractivity contribution is -0.134. The third kappa shape index (κ3) is 3.66. The van der Waals surface area contributed by atoms with Crippen LogP contribution in [0.25, 0.3) is 0 Å². The van der Waals surface area contributed by atoms with E-state index in [2.05, 4.69) is 78.7 Å². The van der Waals surface area contributed by atoms with Gasteiger partial charge in [0.15, 0.2) is 0 Å². The summed E-state index contributed by atoms with van der Waals surface area (Å²) in [5.74, 6) is 1.59. The molecular weight excluding hydrogens is 332 g/mol. The van der Waals surface area contributed by atoms with E-state index in [0.717, 1.165) is 26.1 Å². The number of nitrogens with one attached hydrogen (secondary N) is 1. The zero-order chi connectivity index (χ0) is 18.8. The van der Waals surface area contributed by atoms with E-state index in [-0.39, 0.29) is 12.0 Å². The van der Waals surface area contributed by atoms with Gasteiger partial charge in [-0.15, -0.1) is 0 Å². The molecule has 1 saturated heterocycles. The second kappa shape index (κ2) is 7.85. The quantitative estimate of drug-likeness (QED) is 0.900. The average molecular weight is 363 g/mol. The summed E-state index contributed by atoms with van der Waals surface area (Å²) in [7, 11) is 0. The maximum Gasteiger partial charge on any atom is 0.223 e. The monoisotopic (exact) mass is 362 g/mol. The Hall–Kier alpha value is -2.13. The molecular formula is C24H30N2O. The number of rotatable bonds is 3. The molecule has 0 radical (unpaired) electrons. The highest BCUT2D eigenvalue weighted by atomic mass is 16.2. The smallest absolute Gasteiger partial charge is 0.223 e. The molecule has 0 saturated carbocycles. The first-order chi connectivity index (χ1) is 13.1. The van der Waals surface area contributed by atoms with Gasteiger partial charge in [0.05, 0.1) is 0 Å². The summed E-state index contributed by atoms with van der Waals surface area (Å²) in [5.41, 5.74) is 4.06. The maximum absolute atomic E-state index is 13.3. The van der Waals surface area contributed by atoms with Gasteiger partial charge in [-0.05, 0) is 55.0 Å². The van der Waals surface area contributed by atoms with E-state index in [1.807, 2.05) is 0 Å². The fourth-order valence-corrected chi connectivity index (χ4v) is 4.90. The van der Waals surface area contributed by atoms with Gasteiger partial charge >= 0.3 is 0 Å². The molecule has 0 aliphatic carbocycles. The highest BCUT2D eigenvalue weighted by molar-refractivity contribution is 5.77. The van der Waals surface area contributed by atoms with Crippen molar-refractivity contribution in [3.8, 4) is 0 Å². The summed E-state index contributed by atoms with van der Waals surface area (Å²) in [4.78, 5) is 15.4. The molecule has 0 bridgehead atoms. The van der Waals surface area contributed by atoms with E-state index in [1.165, 1.54) is 16.7 Å². The van der Waals surface area contributed by atoms with Crippen molar-refractivity contribution in [3.05, 3.63) is 71.3 Å². The second-order valence-electron chi connectivity index (χ2n) is 8.26. The Kier molecular flexibility index (Phi) is 5.31. The minimum Gasteiger partial charge on any atom is -0.339 e. The average Bonchev–Trinajstić information content (AvgIpc) is 3.01. The minimum absolute atomic E-state index is 0.160. The number of amides is 1. The molecule has 0 aromatic heterocycles. The third-order valence-corrected chi connectivity index (χ3v) is 6.58. The highest BCUT2D eigenvalue weighted by Gasteiger charge is 2.35. The second-order valence-corrected chi connectivity index (χ2v) is 8.26. The van der Waals surface area contributed by atoms with Gasteiger partial charge < -0.3 is 10.2 Å². The lowest BCUT2D eigenvalue weighted by Gasteiger charge is -2.34. The van der Waals surface area contributed by atoms with Crippen molar-refractivity contribution < 1.29 is 4.79 Å². The van der Waals surface area contributed by atoms with Crippen LogP contribution in [0.4, 0.5) is 0 Å². The lowest BCUT2D eigenvalue weighted by atomic mass is 9.83. The Labute approximate surface area is 162 Å². The summed E-state index contributed by atoms with van der Waals surface area (Å²) in [5, 5.41) is 3.43. The van der Waals surface area contributed by atoms with Gasteiger partial charge in [-0.25, -0.2) is 0 Å². The van der Waals surface area contributed by atoms with Gasteiger partial charge in [0, 0.05) is 24.9 Å². The first-order valence-corrected chi connectivity index (χ1v) is 10.3. The number of nitrogens with zero attached hydrogens (tertiary/aromatic N) is 1. The van der Waals surface area contributed by atoms with E-state index in [4.69, 9.17) is 0 Å². The molecule has 0 spiro atoms. The standard InChI is InChI=1S/C24H30N2O/c1-17-15-25-16-21(17)14-23(27)26-13-12-19-8-6-7-11-22(19)24(18(26)2)20-9-4-3-5-10-20/h3-11,17-18,21,24-25H,12-16H2,1-2H3/t17-,18-,21-,24+/m1/s1. The number of carbonyl (C=O) groups is 1. The summed E-state index contributed by atoms with van der Waals surface area (Å²) in [6.07, 6.45) is 1.60. The van der Waals surface area contributed by atoms with Gasteiger partial charge in [0.1, 0.15) is 0 Å². The van der Waals surface area contributed by atoms with Crippen LogP contribution in [0, 0.1) is 11.8 Å². The predicted octanol–water partition coefficient (Wildman–Crippen LogP) is 3.84. The van der Waals surface area contributed by atoms with Crippen molar-refractivity contribution in [2.24, 2.45) is 11.8 Å². The molecule has 2 aliphatic rings. The number of hydrogen-bond donors (Lipinski definition) is 1. The summed E-state index contributed by atoms with van der Waals surface area (Å²) >= 11 is 0.